The van der Waals surface area contributed by atoms with Crippen LogP contribution in [0.3, 0.4) is 0 Å². The fraction of sp³-hybridized carbons (Fsp3) is 0.263. The number of thiazole rings is 1. The first-order valence-corrected chi connectivity index (χ1v) is 10.5. The minimum absolute atomic E-state index is 0.240. The van der Waals surface area contributed by atoms with Gasteiger partial charge >= 0.3 is 0 Å². The van der Waals surface area contributed by atoms with E-state index < -0.39 is 0 Å². The van der Waals surface area contributed by atoms with E-state index in [2.05, 4.69) is 41.8 Å². The first-order valence-electron chi connectivity index (χ1n) is 7.94. The lowest BCUT2D eigenvalue weighted by Crippen LogP contribution is -2.18. The van der Waals surface area contributed by atoms with Crippen molar-refractivity contribution >= 4 is 50.8 Å². The maximum atomic E-state index is 12.6. The number of aryl methyl sites for hydroxylation is 3. The van der Waals surface area contributed by atoms with Crippen LogP contribution in [0.5, 0.6) is 0 Å². The summed E-state index contributed by atoms with van der Waals surface area (Å²) in [4.78, 5) is 17.7. The van der Waals surface area contributed by atoms with Gasteiger partial charge in [-0.25, -0.2) is 0 Å². The van der Waals surface area contributed by atoms with Crippen LogP contribution < -0.4 is 4.80 Å². The number of amides is 1. The van der Waals surface area contributed by atoms with Crippen molar-refractivity contribution in [3.63, 3.8) is 0 Å². The molecule has 0 fully saturated rings. The van der Waals surface area contributed by atoms with Gasteiger partial charge in [-0.1, -0.05) is 29.0 Å². The van der Waals surface area contributed by atoms with Crippen molar-refractivity contribution in [3.05, 3.63) is 62.9 Å². The van der Waals surface area contributed by atoms with Gasteiger partial charge in [0.25, 0.3) is 5.91 Å². The Morgan fingerprint density at radius 2 is 1.96 bits per heavy atom. The van der Waals surface area contributed by atoms with Crippen LogP contribution in [0.1, 0.15) is 21.5 Å². The Labute approximate surface area is 160 Å². The molecule has 0 spiro atoms. The molecule has 25 heavy (non-hydrogen) atoms. The summed E-state index contributed by atoms with van der Waals surface area (Å²) in [5, 5.41) is 0.611. The van der Waals surface area contributed by atoms with Gasteiger partial charge in [0.1, 0.15) is 0 Å². The van der Waals surface area contributed by atoms with Crippen molar-refractivity contribution in [2.45, 2.75) is 20.4 Å². The maximum absolute atomic E-state index is 12.6. The third-order valence-electron chi connectivity index (χ3n) is 3.92. The third-order valence-corrected chi connectivity index (χ3v) is 5.99. The van der Waals surface area contributed by atoms with Gasteiger partial charge in [-0.15, -0.1) is 0 Å². The predicted octanol–water partition coefficient (Wildman–Crippen LogP) is 5.08. The Bertz CT molecular complexity index is 987. The summed E-state index contributed by atoms with van der Waals surface area (Å²) >= 11 is 9.26. The molecule has 0 bridgehead atoms. The predicted molar refractivity (Wildman–Crippen MR) is 109 cm³/mol. The SMILES string of the molecule is CSCCn1c(=NC(=O)c2ccc(Cl)cc2)sc2c(C)cc(C)cc21. The molecule has 0 radical (unpaired) electrons. The Kier molecular flexibility index (Phi) is 5.67. The zero-order valence-electron chi connectivity index (χ0n) is 14.4. The summed E-state index contributed by atoms with van der Waals surface area (Å²) in [6.07, 6.45) is 2.08. The molecule has 3 rings (SSSR count). The Hall–Kier alpha value is -1.56. The van der Waals surface area contributed by atoms with Gasteiger partial charge in [0.15, 0.2) is 4.80 Å². The van der Waals surface area contributed by atoms with Crippen molar-refractivity contribution in [1.29, 1.82) is 0 Å². The molecule has 1 amide bonds. The number of hydrogen-bond donors (Lipinski definition) is 0. The highest BCUT2D eigenvalue weighted by Crippen LogP contribution is 2.24. The molecule has 1 aromatic heterocycles. The summed E-state index contributed by atoms with van der Waals surface area (Å²) in [6.45, 7) is 5.03. The summed E-state index contributed by atoms with van der Waals surface area (Å²) in [6, 6.07) is 11.2. The number of rotatable bonds is 4. The molecular formula is C19H19ClN2OS2. The van der Waals surface area contributed by atoms with Crippen LogP contribution in [0.2, 0.25) is 5.02 Å². The van der Waals surface area contributed by atoms with Crippen LogP contribution in [0.15, 0.2) is 41.4 Å². The molecule has 0 unspecified atom stereocenters. The van der Waals surface area contributed by atoms with E-state index in [1.165, 1.54) is 15.8 Å². The van der Waals surface area contributed by atoms with Crippen LogP contribution in [-0.2, 0) is 6.54 Å². The third kappa shape index (κ3) is 4.00. The summed E-state index contributed by atoms with van der Waals surface area (Å²) in [5.74, 6) is 0.733. The van der Waals surface area contributed by atoms with E-state index in [0.29, 0.717) is 10.6 Å². The number of halogens is 1. The van der Waals surface area contributed by atoms with Gasteiger partial charge in [-0.2, -0.15) is 16.8 Å². The van der Waals surface area contributed by atoms with Crippen molar-refractivity contribution in [1.82, 2.24) is 4.57 Å². The summed E-state index contributed by atoms with van der Waals surface area (Å²) in [7, 11) is 0. The number of fused-ring (bicyclic) bond motifs is 1. The van der Waals surface area contributed by atoms with Crippen LogP contribution in [0.25, 0.3) is 10.2 Å². The minimum atomic E-state index is -0.240. The van der Waals surface area contributed by atoms with Gasteiger partial charge in [-0.05, 0) is 61.6 Å². The van der Waals surface area contributed by atoms with E-state index in [-0.39, 0.29) is 5.91 Å². The van der Waals surface area contributed by atoms with Gasteiger partial charge in [0, 0.05) is 22.9 Å². The standard InChI is InChI=1S/C19H19ClN2OS2/c1-12-10-13(2)17-16(11-12)22(8-9-24-3)19(25-17)21-18(23)14-4-6-15(20)7-5-14/h4-7,10-11H,8-9H2,1-3H3. The average molecular weight is 391 g/mol. The second-order valence-electron chi connectivity index (χ2n) is 5.88. The lowest BCUT2D eigenvalue weighted by atomic mass is 10.1. The Balaban J connectivity index is 2.15. The lowest BCUT2D eigenvalue weighted by molar-refractivity contribution is 0.0998. The lowest BCUT2D eigenvalue weighted by Gasteiger charge is -2.05. The van der Waals surface area contributed by atoms with E-state index in [0.717, 1.165) is 22.6 Å². The smallest absolute Gasteiger partial charge is 0.279 e. The van der Waals surface area contributed by atoms with E-state index in [4.69, 9.17) is 11.6 Å². The first-order chi connectivity index (χ1) is 12.0. The van der Waals surface area contributed by atoms with E-state index in [1.807, 2.05) is 0 Å². The number of thioether (sulfide) groups is 1. The topological polar surface area (TPSA) is 34.4 Å². The zero-order valence-corrected chi connectivity index (χ0v) is 16.8. The Morgan fingerprint density at radius 1 is 1.24 bits per heavy atom. The van der Waals surface area contributed by atoms with Crippen molar-refractivity contribution in [2.24, 2.45) is 4.99 Å². The molecule has 0 atom stereocenters. The highest BCUT2D eigenvalue weighted by atomic mass is 35.5. The second-order valence-corrected chi connectivity index (χ2v) is 8.28. The van der Waals surface area contributed by atoms with Crippen LogP contribution in [-0.4, -0.2) is 22.5 Å². The number of nitrogens with zero attached hydrogens (tertiary/aromatic N) is 2. The van der Waals surface area contributed by atoms with Crippen LogP contribution >= 0.6 is 34.7 Å². The first kappa shape index (κ1) is 18.2. The summed E-state index contributed by atoms with van der Waals surface area (Å²) < 4.78 is 3.35. The largest absolute Gasteiger partial charge is 0.315 e. The quantitative estimate of drug-likeness (QED) is 0.622. The molecule has 2 aromatic carbocycles. The molecule has 3 aromatic rings. The molecule has 0 aliphatic rings. The number of carbonyl (C=O) groups is 1. The van der Waals surface area contributed by atoms with E-state index in [1.54, 1.807) is 47.4 Å². The van der Waals surface area contributed by atoms with Gasteiger partial charge in [0.05, 0.1) is 10.2 Å². The molecule has 0 saturated carbocycles. The fourth-order valence-electron chi connectivity index (χ4n) is 2.74. The zero-order chi connectivity index (χ0) is 18.0. The fourth-order valence-corrected chi connectivity index (χ4v) is 4.34. The molecule has 1 heterocycles. The molecular weight excluding hydrogens is 372 g/mol. The minimum Gasteiger partial charge on any atom is -0.315 e. The molecule has 0 saturated heterocycles. The normalized spacial score (nSPS) is 12.1. The molecule has 130 valence electrons. The monoisotopic (exact) mass is 390 g/mol. The average Bonchev–Trinajstić information content (AvgIpc) is 2.91. The molecule has 6 heteroatoms. The van der Waals surface area contributed by atoms with Crippen molar-refractivity contribution in [2.75, 3.05) is 12.0 Å². The summed E-state index contributed by atoms with van der Waals surface area (Å²) in [5.41, 5.74) is 4.14. The van der Waals surface area contributed by atoms with Crippen molar-refractivity contribution in [3.8, 4) is 0 Å². The van der Waals surface area contributed by atoms with E-state index in [9.17, 15) is 4.79 Å². The highest BCUT2D eigenvalue weighted by Gasteiger charge is 2.11. The number of carbonyl (C=O) groups excluding carboxylic acids is 1. The Morgan fingerprint density at radius 3 is 2.64 bits per heavy atom. The van der Waals surface area contributed by atoms with E-state index >= 15 is 0 Å². The van der Waals surface area contributed by atoms with Gasteiger partial charge in [-0.3, -0.25) is 4.79 Å². The molecule has 0 N–H and O–H groups in total. The number of hydrogen-bond acceptors (Lipinski definition) is 3. The number of aromatic nitrogens is 1. The second kappa shape index (κ2) is 7.77. The molecule has 3 nitrogen and oxygen atoms in total. The van der Waals surface area contributed by atoms with Gasteiger partial charge in [0.2, 0.25) is 0 Å². The molecule has 0 aliphatic carbocycles. The van der Waals surface area contributed by atoms with Gasteiger partial charge < -0.3 is 4.57 Å². The number of benzene rings is 2. The van der Waals surface area contributed by atoms with Crippen LogP contribution in [0.4, 0.5) is 0 Å². The van der Waals surface area contributed by atoms with Crippen LogP contribution in [0, 0.1) is 13.8 Å². The molecule has 0 aliphatic heterocycles. The van der Waals surface area contributed by atoms with Crippen molar-refractivity contribution < 1.29 is 4.79 Å². The maximum Gasteiger partial charge on any atom is 0.279 e. The highest BCUT2D eigenvalue weighted by molar-refractivity contribution is 7.98.